The molecule has 2 aromatic rings. The number of piperazine rings is 1. The zero-order chi connectivity index (χ0) is 20.6. The molecule has 1 aliphatic rings. The van der Waals surface area contributed by atoms with Crippen LogP contribution in [0.2, 0.25) is 0 Å². The second kappa shape index (κ2) is 10.3. The SMILES string of the molecule is CCN(CC)c1ccc(NC(=O)CCN2CCN(c3cccc(C)c3)CC2)cc1. The third-order valence-electron chi connectivity index (χ3n) is 5.67. The van der Waals surface area contributed by atoms with E-state index in [-0.39, 0.29) is 5.91 Å². The van der Waals surface area contributed by atoms with Crippen molar-refractivity contribution < 1.29 is 4.79 Å². The minimum atomic E-state index is 0.0849. The summed E-state index contributed by atoms with van der Waals surface area (Å²) in [4.78, 5) is 19.5. The van der Waals surface area contributed by atoms with Crippen LogP contribution in [0.15, 0.2) is 48.5 Å². The van der Waals surface area contributed by atoms with E-state index in [1.807, 2.05) is 12.1 Å². The third kappa shape index (κ3) is 5.97. The average molecular weight is 395 g/mol. The fraction of sp³-hybridized carbons (Fsp3) is 0.458. The molecule has 0 aromatic heterocycles. The van der Waals surface area contributed by atoms with Gasteiger partial charge < -0.3 is 15.1 Å². The standard InChI is InChI=1S/C24H34N4O/c1-4-27(5-2)22-11-9-21(10-12-22)25-24(29)13-14-26-15-17-28(18-16-26)23-8-6-7-20(3)19-23/h6-12,19H,4-5,13-18H2,1-3H3,(H,25,29). The van der Waals surface area contributed by atoms with Crippen molar-refractivity contribution in [2.75, 3.05) is 60.9 Å². The van der Waals surface area contributed by atoms with Crippen LogP contribution in [0.25, 0.3) is 0 Å². The Morgan fingerprint density at radius 1 is 1.00 bits per heavy atom. The van der Waals surface area contributed by atoms with Crippen molar-refractivity contribution in [1.29, 1.82) is 0 Å². The predicted octanol–water partition coefficient (Wildman–Crippen LogP) is 3.99. The van der Waals surface area contributed by atoms with Crippen LogP contribution in [-0.2, 0) is 4.79 Å². The van der Waals surface area contributed by atoms with E-state index >= 15 is 0 Å². The van der Waals surface area contributed by atoms with E-state index in [1.54, 1.807) is 0 Å². The highest BCUT2D eigenvalue weighted by molar-refractivity contribution is 5.91. The number of amides is 1. The number of nitrogens with zero attached hydrogens (tertiary/aromatic N) is 3. The summed E-state index contributed by atoms with van der Waals surface area (Å²) < 4.78 is 0. The van der Waals surface area contributed by atoms with E-state index in [0.717, 1.165) is 51.5 Å². The van der Waals surface area contributed by atoms with E-state index in [2.05, 4.69) is 77.2 Å². The van der Waals surface area contributed by atoms with Crippen molar-refractivity contribution in [3.8, 4) is 0 Å². The number of hydrogen-bond acceptors (Lipinski definition) is 4. The maximum Gasteiger partial charge on any atom is 0.225 e. The first-order valence-corrected chi connectivity index (χ1v) is 10.8. The molecule has 5 heteroatoms. The van der Waals surface area contributed by atoms with Crippen LogP contribution in [0.5, 0.6) is 0 Å². The molecule has 0 aliphatic carbocycles. The van der Waals surface area contributed by atoms with E-state index in [9.17, 15) is 4.79 Å². The van der Waals surface area contributed by atoms with E-state index in [0.29, 0.717) is 6.42 Å². The lowest BCUT2D eigenvalue weighted by atomic mass is 10.2. The van der Waals surface area contributed by atoms with Crippen molar-refractivity contribution in [1.82, 2.24) is 4.90 Å². The van der Waals surface area contributed by atoms with Crippen LogP contribution < -0.4 is 15.1 Å². The van der Waals surface area contributed by atoms with Gasteiger partial charge in [0.1, 0.15) is 0 Å². The largest absolute Gasteiger partial charge is 0.372 e. The van der Waals surface area contributed by atoms with Crippen molar-refractivity contribution in [3.63, 3.8) is 0 Å². The quantitative estimate of drug-likeness (QED) is 0.735. The molecule has 1 heterocycles. The second-order valence-corrected chi connectivity index (χ2v) is 7.69. The Hall–Kier alpha value is -2.53. The van der Waals surface area contributed by atoms with Gasteiger partial charge in [-0.15, -0.1) is 0 Å². The van der Waals surface area contributed by atoms with Gasteiger partial charge in [0, 0.05) is 69.3 Å². The smallest absolute Gasteiger partial charge is 0.225 e. The first-order valence-electron chi connectivity index (χ1n) is 10.8. The Morgan fingerprint density at radius 3 is 2.31 bits per heavy atom. The van der Waals surface area contributed by atoms with Crippen LogP contribution >= 0.6 is 0 Å². The van der Waals surface area contributed by atoms with Crippen LogP contribution in [0, 0.1) is 6.92 Å². The van der Waals surface area contributed by atoms with Crippen LogP contribution in [0.1, 0.15) is 25.8 Å². The van der Waals surface area contributed by atoms with Gasteiger partial charge in [0.25, 0.3) is 0 Å². The molecule has 0 bridgehead atoms. The molecule has 1 N–H and O–H groups in total. The highest BCUT2D eigenvalue weighted by Crippen LogP contribution is 2.19. The molecule has 0 atom stereocenters. The summed E-state index contributed by atoms with van der Waals surface area (Å²) in [5.41, 5.74) is 4.66. The summed E-state index contributed by atoms with van der Waals surface area (Å²) >= 11 is 0. The lowest BCUT2D eigenvalue weighted by molar-refractivity contribution is -0.116. The van der Waals surface area contributed by atoms with Gasteiger partial charge in [-0.1, -0.05) is 12.1 Å². The zero-order valence-corrected chi connectivity index (χ0v) is 18.0. The molecular weight excluding hydrogens is 360 g/mol. The van der Waals surface area contributed by atoms with Crippen LogP contribution in [0.4, 0.5) is 17.1 Å². The first kappa shape index (κ1) is 21.2. The van der Waals surface area contributed by atoms with Crippen LogP contribution in [-0.4, -0.2) is 56.6 Å². The molecule has 1 saturated heterocycles. The third-order valence-corrected chi connectivity index (χ3v) is 5.67. The predicted molar refractivity (Wildman–Crippen MR) is 123 cm³/mol. The molecule has 0 spiro atoms. The lowest BCUT2D eigenvalue weighted by Crippen LogP contribution is -2.47. The summed E-state index contributed by atoms with van der Waals surface area (Å²) in [6, 6.07) is 16.8. The molecule has 0 radical (unpaired) electrons. The zero-order valence-electron chi connectivity index (χ0n) is 18.0. The number of hydrogen-bond donors (Lipinski definition) is 1. The first-order chi connectivity index (χ1) is 14.1. The van der Waals surface area contributed by atoms with Gasteiger partial charge in [0.05, 0.1) is 0 Å². The molecule has 5 nitrogen and oxygen atoms in total. The second-order valence-electron chi connectivity index (χ2n) is 7.69. The molecule has 1 fully saturated rings. The molecule has 3 rings (SSSR count). The molecule has 2 aromatic carbocycles. The Morgan fingerprint density at radius 2 is 1.69 bits per heavy atom. The summed E-state index contributed by atoms with van der Waals surface area (Å²) in [6.45, 7) is 13.2. The summed E-state index contributed by atoms with van der Waals surface area (Å²) in [6.07, 6.45) is 0.530. The van der Waals surface area contributed by atoms with Gasteiger partial charge in [-0.05, 0) is 62.7 Å². The molecule has 29 heavy (non-hydrogen) atoms. The molecular formula is C24H34N4O. The van der Waals surface area contributed by atoms with E-state index in [1.165, 1.54) is 16.9 Å². The van der Waals surface area contributed by atoms with Crippen molar-refractivity contribution >= 4 is 23.0 Å². The van der Waals surface area contributed by atoms with Gasteiger partial charge >= 0.3 is 0 Å². The molecule has 1 aliphatic heterocycles. The molecule has 156 valence electrons. The molecule has 0 saturated carbocycles. The number of nitrogens with one attached hydrogen (secondary N) is 1. The number of carbonyl (C=O) groups excluding carboxylic acids is 1. The van der Waals surface area contributed by atoms with Crippen molar-refractivity contribution in [2.45, 2.75) is 27.2 Å². The fourth-order valence-electron chi connectivity index (χ4n) is 3.88. The number of anilines is 3. The topological polar surface area (TPSA) is 38.8 Å². The fourth-order valence-corrected chi connectivity index (χ4v) is 3.88. The van der Waals surface area contributed by atoms with Gasteiger partial charge in [-0.3, -0.25) is 9.69 Å². The van der Waals surface area contributed by atoms with E-state index < -0.39 is 0 Å². The number of rotatable bonds is 8. The Kier molecular flexibility index (Phi) is 7.53. The Bertz CT molecular complexity index is 778. The number of carbonyl (C=O) groups is 1. The Labute approximate surface area is 175 Å². The minimum Gasteiger partial charge on any atom is -0.372 e. The maximum atomic E-state index is 12.4. The highest BCUT2D eigenvalue weighted by atomic mass is 16.1. The number of aryl methyl sites for hydroxylation is 1. The highest BCUT2D eigenvalue weighted by Gasteiger charge is 2.18. The van der Waals surface area contributed by atoms with Crippen molar-refractivity contribution in [2.24, 2.45) is 0 Å². The van der Waals surface area contributed by atoms with Crippen LogP contribution in [0.3, 0.4) is 0 Å². The van der Waals surface area contributed by atoms with Crippen molar-refractivity contribution in [3.05, 3.63) is 54.1 Å². The molecule has 0 unspecified atom stereocenters. The Balaban J connectivity index is 1.41. The van der Waals surface area contributed by atoms with Gasteiger partial charge in [0.2, 0.25) is 5.91 Å². The lowest BCUT2D eigenvalue weighted by Gasteiger charge is -2.36. The maximum absolute atomic E-state index is 12.4. The van der Waals surface area contributed by atoms with Gasteiger partial charge in [0.15, 0.2) is 0 Å². The van der Waals surface area contributed by atoms with Gasteiger partial charge in [-0.2, -0.15) is 0 Å². The molecule has 1 amide bonds. The summed E-state index contributed by atoms with van der Waals surface area (Å²) in [5.74, 6) is 0.0849. The summed E-state index contributed by atoms with van der Waals surface area (Å²) in [7, 11) is 0. The van der Waals surface area contributed by atoms with E-state index in [4.69, 9.17) is 0 Å². The minimum absolute atomic E-state index is 0.0849. The monoisotopic (exact) mass is 394 g/mol. The number of benzene rings is 2. The summed E-state index contributed by atoms with van der Waals surface area (Å²) in [5, 5.41) is 3.03. The average Bonchev–Trinajstić information content (AvgIpc) is 2.75. The normalized spacial score (nSPS) is 14.7. The van der Waals surface area contributed by atoms with Gasteiger partial charge in [-0.25, -0.2) is 0 Å².